The van der Waals surface area contributed by atoms with Crippen molar-refractivity contribution in [1.82, 2.24) is 4.90 Å². The Labute approximate surface area is 141 Å². The van der Waals surface area contributed by atoms with Crippen LogP contribution in [0, 0.1) is 5.92 Å². The number of ether oxygens (including phenoxy) is 1. The number of hydrogen-bond donors (Lipinski definition) is 0. The number of likely N-dealkylation sites (tertiary alicyclic amines) is 1. The Kier molecular flexibility index (Phi) is 6.49. The van der Waals surface area contributed by atoms with Crippen LogP contribution in [0.5, 0.6) is 0 Å². The van der Waals surface area contributed by atoms with E-state index >= 15 is 0 Å². The van der Waals surface area contributed by atoms with Crippen molar-refractivity contribution in [3.05, 3.63) is 35.9 Å². The molecule has 0 radical (unpaired) electrons. The summed E-state index contributed by atoms with van der Waals surface area (Å²) in [5.74, 6) is 0.768. The Balaban J connectivity index is 1.60. The van der Waals surface area contributed by atoms with E-state index in [0.29, 0.717) is 0 Å². The van der Waals surface area contributed by atoms with Gasteiger partial charge in [-0.15, -0.1) is 0 Å². The van der Waals surface area contributed by atoms with E-state index in [-0.39, 0.29) is 6.09 Å². The van der Waals surface area contributed by atoms with Crippen LogP contribution in [-0.4, -0.2) is 29.7 Å². The number of rotatable bonds is 5. The molecule has 3 nitrogen and oxygen atoms in total. The van der Waals surface area contributed by atoms with Crippen LogP contribution in [0.1, 0.15) is 58.4 Å². The predicted molar refractivity (Wildman–Crippen MR) is 94.5 cm³/mol. The van der Waals surface area contributed by atoms with Gasteiger partial charge in [0, 0.05) is 13.1 Å². The van der Waals surface area contributed by atoms with Crippen molar-refractivity contribution >= 4 is 6.09 Å². The highest BCUT2D eigenvalue weighted by atomic mass is 16.6. The molecule has 2 rings (SSSR count). The summed E-state index contributed by atoms with van der Waals surface area (Å²) in [5.41, 5.74) is 1.04. The van der Waals surface area contributed by atoms with Crippen LogP contribution >= 0.6 is 0 Å². The van der Waals surface area contributed by atoms with Gasteiger partial charge in [-0.2, -0.15) is 0 Å². The molecule has 1 aromatic carbocycles. The van der Waals surface area contributed by atoms with Gasteiger partial charge >= 0.3 is 6.09 Å². The quantitative estimate of drug-likeness (QED) is 0.711. The zero-order chi connectivity index (χ0) is 16.7. The predicted octanol–water partition coefficient (Wildman–Crippen LogP) is 5.05. The van der Waals surface area contributed by atoms with E-state index in [0.717, 1.165) is 31.8 Å². The molecule has 23 heavy (non-hydrogen) atoms. The van der Waals surface area contributed by atoms with Crippen molar-refractivity contribution in [3.8, 4) is 0 Å². The number of aryl methyl sites for hydroxylation is 1. The average molecular weight is 317 g/mol. The molecule has 0 saturated carbocycles. The van der Waals surface area contributed by atoms with Crippen molar-refractivity contribution in [1.29, 1.82) is 0 Å². The topological polar surface area (TPSA) is 29.5 Å². The van der Waals surface area contributed by atoms with E-state index in [1.807, 2.05) is 25.7 Å². The summed E-state index contributed by atoms with van der Waals surface area (Å²) in [6.07, 6.45) is 7.09. The van der Waals surface area contributed by atoms with Gasteiger partial charge in [-0.3, -0.25) is 0 Å². The number of unbranched alkanes of at least 4 members (excludes halogenated alkanes) is 1. The van der Waals surface area contributed by atoms with E-state index < -0.39 is 5.60 Å². The summed E-state index contributed by atoms with van der Waals surface area (Å²) >= 11 is 0. The maximum absolute atomic E-state index is 12.0. The molecule has 0 aliphatic carbocycles. The van der Waals surface area contributed by atoms with E-state index in [1.54, 1.807) is 0 Å². The SMILES string of the molecule is CC(C)(C)OC(=O)N1CCC(CCCCc2ccccc2)CC1. The molecule has 0 bridgehead atoms. The Morgan fingerprint density at radius 2 is 1.78 bits per heavy atom. The molecule has 1 aromatic rings. The zero-order valence-corrected chi connectivity index (χ0v) is 14.9. The van der Waals surface area contributed by atoms with E-state index in [2.05, 4.69) is 30.3 Å². The van der Waals surface area contributed by atoms with E-state index in [4.69, 9.17) is 4.74 Å². The van der Waals surface area contributed by atoms with Crippen LogP contribution in [0.3, 0.4) is 0 Å². The molecular formula is C20H31NO2. The monoisotopic (exact) mass is 317 g/mol. The molecule has 1 heterocycles. The van der Waals surface area contributed by atoms with Crippen LogP contribution in [0.2, 0.25) is 0 Å². The second-order valence-corrected chi connectivity index (χ2v) is 7.64. The molecule has 0 N–H and O–H groups in total. The Bertz CT molecular complexity index is 470. The van der Waals surface area contributed by atoms with Crippen LogP contribution in [0.4, 0.5) is 4.79 Å². The summed E-state index contributed by atoms with van der Waals surface area (Å²) in [7, 11) is 0. The number of carbonyl (C=O) groups is 1. The lowest BCUT2D eigenvalue weighted by molar-refractivity contribution is 0.0180. The highest BCUT2D eigenvalue weighted by molar-refractivity contribution is 5.68. The van der Waals surface area contributed by atoms with E-state index in [9.17, 15) is 4.79 Å². The van der Waals surface area contributed by atoms with Gasteiger partial charge in [0.25, 0.3) is 0 Å². The average Bonchev–Trinajstić information content (AvgIpc) is 2.51. The fraction of sp³-hybridized carbons (Fsp3) is 0.650. The van der Waals surface area contributed by atoms with Crippen molar-refractivity contribution in [2.45, 2.75) is 64.9 Å². The van der Waals surface area contributed by atoms with Gasteiger partial charge in [-0.05, 0) is 57.9 Å². The fourth-order valence-corrected chi connectivity index (χ4v) is 3.14. The second kappa shape index (κ2) is 8.37. The van der Waals surface area contributed by atoms with Crippen LogP contribution in [0.15, 0.2) is 30.3 Å². The Hall–Kier alpha value is -1.51. The number of nitrogens with zero attached hydrogens (tertiary/aromatic N) is 1. The summed E-state index contributed by atoms with van der Waals surface area (Å²) in [6.45, 7) is 7.45. The first kappa shape index (κ1) is 17.8. The summed E-state index contributed by atoms with van der Waals surface area (Å²) in [4.78, 5) is 13.9. The molecule has 128 valence electrons. The molecule has 1 saturated heterocycles. The van der Waals surface area contributed by atoms with Gasteiger partial charge in [-0.1, -0.05) is 43.2 Å². The van der Waals surface area contributed by atoms with E-state index in [1.165, 1.54) is 31.2 Å². The maximum Gasteiger partial charge on any atom is 0.410 e. The second-order valence-electron chi connectivity index (χ2n) is 7.64. The van der Waals surface area contributed by atoms with Crippen molar-refractivity contribution < 1.29 is 9.53 Å². The molecule has 1 fully saturated rings. The van der Waals surface area contributed by atoms with Crippen molar-refractivity contribution in [2.75, 3.05) is 13.1 Å². The van der Waals surface area contributed by atoms with Gasteiger partial charge in [0.2, 0.25) is 0 Å². The molecule has 0 atom stereocenters. The zero-order valence-electron chi connectivity index (χ0n) is 14.9. The molecule has 3 heteroatoms. The summed E-state index contributed by atoms with van der Waals surface area (Å²) in [5, 5.41) is 0. The third kappa shape index (κ3) is 6.64. The number of piperidine rings is 1. The first-order valence-electron chi connectivity index (χ1n) is 8.96. The van der Waals surface area contributed by atoms with Gasteiger partial charge < -0.3 is 9.64 Å². The Morgan fingerprint density at radius 1 is 1.13 bits per heavy atom. The number of benzene rings is 1. The summed E-state index contributed by atoms with van der Waals surface area (Å²) < 4.78 is 5.45. The summed E-state index contributed by atoms with van der Waals surface area (Å²) in [6, 6.07) is 10.7. The standard InChI is InChI=1S/C20H31NO2/c1-20(2,3)23-19(22)21-15-13-18(14-16-21)12-8-7-11-17-9-5-4-6-10-17/h4-6,9-10,18H,7-8,11-16H2,1-3H3. The van der Waals surface area contributed by atoms with Crippen molar-refractivity contribution in [3.63, 3.8) is 0 Å². The van der Waals surface area contributed by atoms with Crippen LogP contribution in [-0.2, 0) is 11.2 Å². The molecule has 1 aliphatic rings. The van der Waals surface area contributed by atoms with Gasteiger partial charge in [0.1, 0.15) is 5.60 Å². The van der Waals surface area contributed by atoms with Crippen LogP contribution < -0.4 is 0 Å². The molecule has 0 unspecified atom stereocenters. The molecule has 0 aromatic heterocycles. The maximum atomic E-state index is 12.0. The largest absolute Gasteiger partial charge is 0.444 e. The Morgan fingerprint density at radius 3 is 2.39 bits per heavy atom. The first-order chi connectivity index (χ1) is 10.9. The molecular weight excluding hydrogens is 286 g/mol. The first-order valence-corrected chi connectivity index (χ1v) is 8.96. The molecule has 0 spiro atoms. The lowest BCUT2D eigenvalue weighted by atomic mass is 9.91. The fourth-order valence-electron chi connectivity index (χ4n) is 3.14. The van der Waals surface area contributed by atoms with Gasteiger partial charge in [0.15, 0.2) is 0 Å². The smallest absolute Gasteiger partial charge is 0.410 e. The normalized spacial score (nSPS) is 16.4. The third-order valence-corrected chi connectivity index (χ3v) is 4.44. The number of hydrogen-bond acceptors (Lipinski definition) is 2. The number of carbonyl (C=O) groups excluding carboxylic acids is 1. The highest BCUT2D eigenvalue weighted by Gasteiger charge is 2.26. The van der Waals surface area contributed by atoms with Crippen molar-refractivity contribution in [2.24, 2.45) is 5.92 Å². The minimum atomic E-state index is -0.397. The molecule has 1 aliphatic heterocycles. The minimum Gasteiger partial charge on any atom is -0.444 e. The van der Waals surface area contributed by atoms with Gasteiger partial charge in [-0.25, -0.2) is 4.79 Å². The van der Waals surface area contributed by atoms with Crippen LogP contribution in [0.25, 0.3) is 0 Å². The lowest BCUT2D eigenvalue weighted by Crippen LogP contribution is -2.41. The minimum absolute atomic E-state index is 0.153. The third-order valence-electron chi connectivity index (χ3n) is 4.44. The van der Waals surface area contributed by atoms with Gasteiger partial charge in [0.05, 0.1) is 0 Å². The highest BCUT2D eigenvalue weighted by Crippen LogP contribution is 2.24. The number of amides is 1. The molecule has 1 amide bonds. The lowest BCUT2D eigenvalue weighted by Gasteiger charge is -2.33.